The van der Waals surface area contributed by atoms with Crippen molar-refractivity contribution >= 4 is 12.2 Å². The van der Waals surface area contributed by atoms with Crippen LogP contribution < -0.4 is 9.47 Å². The van der Waals surface area contributed by atoms with Crippen molar-refractivity contribution in [2.45, 2.75) is 25.5 Å². The highest BCUT2D eigenvalue weighted by Gasteiger charge is 2.39. The molecule has 0 unspecified atom stereocenters. The van der Waals surface area contributed by atoms with E-state index in [1.807, 2.05) is 31.2 Å². The molecule has 2 heterocycles. The molecule has 2 amide bonds. The molecule has 2 aromatic rings. The standard InChI is InChI=1S/C21H21F2N3O3/c1-2-28-17-4-3-5-18(11-17)29-19-12-25(13-19)21(27)26-20(6-7-24-26)14-8-15(22)10-16(23)9-14/h3-5,7-11,19-20H,2,6,12-13H2,1H3/t20-/m0/s1. The minimum absolute atomic E-state index is 0.132. The van der Waals surface area contributed by atoms with Gasteiger partial charge in [0.05, 0.1) is 25.7 Å². The zero-order chi connectivity index (χ0) is 20.4. The molecule has 2 aromatic carbocycles. The van der Waals surface area contributed by atoms with Crippen molar-refractivity contribution in [3.63, 3.8) is 0 Å². The lowest BCUT2D eigenvalue weighted by Crippen LogP contribution is -2.58. The molecule has 152 valence electrons. The monoisotopic (exact) mass is 401 g/mol. The summed E-state index contributed by atoms with van der Waals surface area (Å²) in [5.41, 5.74) is 0.384. The highest BCUT2D eigenvalue weighted by molar-refractivity contribution is 5.79. The maximum Gasteiger partial charge on any atom is 0.341 e. The van der Waals surface area contributed by atoms with Crippen molar-refractivity contribution < 1.29 is 23.0 Å². The second kappa shape index (κ2) is 8.06. The molecule has 2 aliphatic heterocycles. The van der Waals surface area contributed by atoms with Crippen LogP contribution in [0.15, 0.2) is 47.6 Å². The lowest BCUT2D eigenvalue weighted by molar-refractivity contribution is 0.0276. The lowest BCUT2D eigenvalue weighted by atomic mass is 10.0. The van der Waals surface area contributed by atoms with E-state index in [0.717, 1.165) is 11.8 Å². The average molecular weight is 401 g/mol. The highest BCUT2D eigenvalue weighted by Crippen LogP contribution is 2.31. The second-order valence-electron chi connectivity index (χ2n) is 6.93. The van der Waals surface area contributed by atoms with Crippen LogP contribution in [0.2, 0.25) is 0 Å². The van der Waals surface area contributed by atoms with Crippen LogP contribution in [0.4, 0.5) is 13.6 Å². The fourth-order valence-corrected chi connectivity index (χ4v) is 3.45. The van der Waals surface area contributed by atoms with Crippen LogP contribution in [0.25, 0.3) is 0 Å². The number of rotatable bonds is 5. The first-order valence-corrected chi connectivity index (χ1v) is 9.49. The summed E-state index contributed by atoms with van der Waals surface area (Å²) in [5.74, 6) is 0.0613. The van der Waals surface area contributed by atoms with Gasteiger partial charge in [0.25, 0.3) is 0 Å². The summed E-state index contributed by atoms with van der Waals surface area (Å²) < 4.78 is 38.5. The summed E-state index contributed by atoms with van der Waals surface area (Å²) in [5, 5.41) is 5.39. The van der Waals surface area contributed by atoms with Gasteiger partial charge in [-0.05, 0) is 36.8 Å². The number of hydrazone groups is 1. The van der Waals surface area contributed by atoms with Gasteiger partial charge in [-0.3, -0.25) is 0 Å². The summed E-state index contributed by atoms with van der Waals surface area (Å²) in [4.78, 5) is 14.4. The Bertz CT molecular complexity index is 911. The van der Waals surface area contributed by atoms with Crippen molar-refractivity contribution in [2.24, 2.45) is 5.10 Å². The Labute approximate surface area is 167 Å². The SMILES string of the molecule is CCOc1cccc(OC2CN(C(=O)N3N=CC[C@H]3c3cc(F)cc(F)c3)C2)c1. The number of likely N-dealkylation sites (tertiary alicyclic amines) is 1. The summed E-state index contributed by atoms with van der Waals surface area (Å²) in [6.45, 7) is 3.30. The largest absolute Gasteiger partial charge is 0.494 e. The van der Waals surface area contributed by atoms with Gasteiger partial charge in [0, 0.05) is 24.8 Å². The van der Waals surface area contributed by atoms with Crippen molar-refractivity contribution in [2.75, 3.05) is 19.7 Å². The molecule has 1 saturated heterocycles. The maximum atomic E-state index is 13.6. The molecule has 1 atom stereocenters. The van der Waals surface area contributed by atoms with Gasteiger partial charge < -0.3 is 14.4 Å². The fourth-order valence-electron chi connectivity index (χ4n) is 3.45. The number of benzene rings is 2. The molecular weight excluding hydrogens is 380 g/mol. The number of carbonyl (C=O) groups is 1. The van der Waals surface area contributed by atoms with Crippen LogP contribution in [-0.2, 0) is 0 Å². The third-order valence-electron chi connectivity index (χ3n) is 4.83. The zero-order valence-corrected chi connectivity index (χ0v) is 15.9. The van der Waals surface area contributed by atoms with E-state index in [0.29, 0.717) is 37.4 Å². The van der Waals surface area contributed by atoms with E-state index < -0.39 is 17.7 Å². The molecule has 8 heteroatoms. The van der Waals surface area contributed by atoms with Gasteiger partial charge in [0.15, 0.2) is 0 Å². The molecule has 0 aromatic heterocycles. The van der Waals surface area contributed by atoms with Crippen molar-refractivity contribution in [3.8, 4) is 11.5 Å². The van der Waals surface area contributed by atoms with Crippen LogP contribution in [0, 0.1) is 11.6 Å². The van der Waals surface area contributed by atoms with Crippen molar-refractivity contribution in [3.05, 3.63) is 59.7 Å². The van der Waals surface area contributed by atoms with Gasteiger partial charge in [0.2, 0.25) is 0 Å². The number of amides is 2. The topological polar surface area (TPSA) is 54.4 Å². The normalized spacial score (nSPS) is 18.7. The first-order chi connectivity index (χ1) is 14.0. The Balaban J connectivity index is 1.36. The molecule has 2 aliphatic rings. The van der Waals surface area contributed by atoms with E-state index >= 15 is 0 Å². The van der Waals surface area contributed by atoms with E-state index in [9.17, 15) is 13.6 Å². The Kier molecular flexibility index (Phi) is 5.33. The summed E-state index contributed by atoms with van der Waals surface area (Å²) in [6.07, 6.45) is 1.86. The van der Waals surface area contributed by atoms with Crippen LogP contribution in [0.3, 0.4) is 0 Å². The Morgan fingerprint density at radius 3 is 2.59 bits per heavy atom. The van der Waals surface area contributed by atoms with Crippen LogP contribution >= 0.6 is 0 Å². The third-order valence-corrected chi connectivity index (χ3v) is 4.83. The minimum Gasteiger partial charge on any atom is -0.494 e. The summed E-state index contributed by atoms with van der Waals surface area (Å²) >= 11 is 0. The Hall–Kier alpha value is -3.16. The van der Waals surface area contributed by atoms with Gasteiger partial charge in [0.1, 0.15) is 29.2 Å². The van der Waals surface area contributed by atoms with E-state index in [-0.39, 0.29) is 12.1 Å². The molecular formula is C21H21F2N3O3. The Morgan fingerprint density at radius 2 is 1.86 bits per heavy atom. The minimum atomic E-state index is -0.675. The molecule has 29 heavy (non-hydrogen) atoms. The molecule has 0 saturated carbocycles. The zero-order valence-electron chi connectivity index (χ0n) is 15.9. The van der Waals surface area contributed by atoms with Gasteiger partial charge >= 0.3 is 6.03 Å². The number of carbonyl (C=O) groups excluding carboxylic acids is 1. The number of urea groups is 1. The maximum absolute atomic E-state index is 13.6. The molecule has 6 nitrogen and oxygen atoms in total. The average Bonchev–Trinajstić information content (AvgIpc) is 3.13. The van der Waals surface area contributed by atoms with E-state index in [1.165, 1.54) is 17.1 Å². The van der Waals surface area contributed by atoms with E-state index in [1.54, 1.807) is 11.1 Å². The highest BCUT2D eigenvalue weighted by atomic mass is 19.1. The predicted molar refractivity (Wildman–Crippen MR) is 103 cm³/mol. The fraction of sp³-hybridized carbons (Fsp3) is 0.333. The molecule has 0 N–H and O–H groups in total. The number of halogens is 2. The van der Waals surface area contributed by atoms with E-state index in [4.69, 9.17) is 9.47 Å². The molecule has 0 aliphatic carbocycles. The van der Waals surface area contributed by atoms with Crippen LogP contribution in [0.5, 0.6) is 11.5 Å². The number of nitrogens with zero attached hydrogens (tertiary/aromatic N) is 3. The quantitative estimate of drug-likeness (QED) is 0.762. The smallest absolute Gasteiger partial charge is 0.341 e. The van der Waals surface area contributed by atoms with Crippen LogP contribution in [-0.4, -0.2) is 48.0 Å². The number of ether oxygens (including phenoxy) is 2. The molecule has 4 rings (SSSR count). The predicted octanol–water partition coefficient (Wildman–Crippen LogP) is 3.98. The molecule has 0 spiro atoms. The van der Waals surface area contributed by atoms with E-state index in [2.05, 4.69) is 5.10 Å². The number of hydrogen-bond donors (Lipinski definition) is 0. The summed E-state index contributed by atoms with van der Waals surface area (Å²) in [6, 6.07) is 9.80. The second-order valence-corrected chi connectivity index (χ2v) is 6.93. The van der Waals surface area contributed by atoms with Crippen molar-refractivity contribution in [1.29, 1.82) is 0 Å². The van der Waals surface area contributed by atoms with Gasteiger partial charge in [-0.2, -0.15) is 5.10 Å². The summed E-state index contributed by atoms with van der Waals surface area (Å²) in [7, 11) is 0. The molecule has 0 radical (unpaired) electrons. The van der Waals surface area contributed by atoms with Gasteiger partial charge in [-0.1, -0.05) is 6.07 Å². The van der Waals surface area contributed by atoms with Gasteiger partial charge in [-0.25, -0.2) is 18.6 Å². The van der Waals surface area contributed by atoms with Crippen LogP contribution in [0.1, 0.15) is 24.9 Å². The lowest BCUT2D eigenvalue weighted by Gasteiger charge is -2.41. The first-order valence-electron chi connectivity index (χ1n) is 9.49. The molecule has 0 bridgehead atoms. The third kappa shape index (κ3) is 4.16. The number of hydrogen-bond acceptors (Lipinski definition) is 4. The molecule has 1 fully saturated rings. The Morgan fingerprint density at radius 1 is 1.14 bits per heavy atom. The first kappa shape index (κ1) is 19.2. The van der Waals surface area contributed by atoms with Gasteiger partial charge in [-0.15, -0.1) is 0 Å². The van der Waals surface area contributed by atoms with Crippen molar-refractivity contribution in [1.82, 2.24) is 9.91 Å².